The van der Waals surface area contributed by atoms with Crippen LogP contribution in [0, 0.1) is 5.82 Å². The fourth-order valence-electron chi connectivity index (χ4n) is 2.95. The van der Waals surface area contributed by atoms with Crippen LogP contribution in [0.2, 0.25) is 0 Å². The number of nitrogens with one attached hydrogen (secondary N) is 1. The van der Waals surface area contributed by atoms with E-state index in [9.17, 15) is 9.18 Å². The number of carbonyl (C=O) groups excluding carboxylic acids is 1. The first-order valence-electron chi connectivity index (χ1n) is 8.43. The Labute approximate surface area is 157 Å². The molecule has 0 fully saturated rings. The predicted molar refractivity (Wildman–Crippen MR) is 103 cm³/mol. The Balaban J connectivity index is 1.73. The third-order valence-electron chi connectivity index (χ3n) is 4.17. The van der Waals surface area contributed by atoms with E-state index in [1.807, 2.05) is 59.8 Å². The van der Waals surface area contributed by atoms with Gasteiger partial charge in [0.15, 0.2) is 0 Å². The number of likely N-dealkylation sites (N-methyl/N-ethyl adjacent to an activating group) is 1. The van der Waals surface area contributed by atoms with Crippen molar-refractivity contribution in [2.75, 3.05) is 13.6 Å². The zero-order chi connectivity index (χ0) is 18.4. The highest BCUT2D eigenvalue weighted by Gasteiger charge is 2.21. The van der Waals surface area contributed by atoms with Crippen LogP contribution in [0.15, 0.2) is 72.1 Å². The Hall–Kier alpha value is -2.50. The van der Waals surface area contributed by atoms with Gasteiger partial charge in [0, 0.05) is 4.88 Å². The summed E-state index contributed by atoms with van der Waals surface area (Å²) in [6.45, 7) is 0.791. The van der Waals surface area contributed by atoms with Crippen molar-refractivity contribution in [3.63, 3.8) is 0 Å². The van der Waals surface area contributed by atoms with Crippen molar-refractivity contribution in [3.8, 4) is 0 Å². The second-order valence-corrected chi connectivity index (χ2v) is 7.17. The van der Waals surface area contributed by atoms with Crippen molar-refractivity contribution in [1.82, 2.24) is 10.2 Å². The molecule has 134 valence electrons. The highest BCUT2D eigenvalue weighted by atomic mass is 32.1. The smallest absolute Gasteiger partial charge is 0.234 e. The Morgan fingerprint density at radius 2 is 1.73 bits per heavy atom. The van der Waals surface area contributed by atoms with Crippen LogP contribution in [0.4, 0.5) is 4.39 Å². The molecule has 0 bridgehead atoms. The van der Waals surface area contributed by atoms with Crippen LogP contribution >= 0.6 is 11.3 Å². The molecule has 1 aromatic heterocycles. The number of thiophene rings is 1. The van der Waals surface area contributed by atoms with Gasteiger partial charge in [0.1, 0.15) is 5.82 Å². The van der Waals surface area contributed by atoms with E-state index in [0.29, 0.717) is 6.54 Å². The largest absolute Gasteiger partial charge is 0.350 e. The molecule has 3 nitrogen and oxygen atoms in total. The van der Waals surface area contributed by atoms with Crippen molar-refractivity contribution in [2.45, 2.75) is 12.6 Å². The van der Waals surface area contributed by atoms with Gasteiger partial charge in [0.2, 0.25) is 5.91 Å². The van der Waals surface area contributed by atoms with Crippen LogP contribution in [-0.2, 0) is 11.3 Å². The van der Waals surface area contributed by atoms with Crippen LogP contribution in [0.3, 0.4) is 0 Å². The van der Waals surface area contributed by atoms with Crippen LogP contribution in [0.1, 0.15) is 22.0 Å². The lowest BCUT2D eigenvalue weighted by atomic mass is 9.97. The summed E-state index contributed by atoms with van der Waals surface area (Å²) < 4.78 is 13.3. The molecule has 3 rings (SSSR count). The third kappa shape index (κ3) is 4.77. The molecule has 0 saturated carbocycles. The van der Waals surface area contributed by atoms with Gasteiger partial charge >= 0.3 is 0 Å². The summed E-state index contributed by atoms with van der Waals surface area (Å²) in [6.07, 6.45) is 0. The summed E-state index contributed by atoms with van der Waals surface area (Å²) >= 11 is 1.62. The number of amides is 1. The maximum Gasteiger partial charge on any atom is 0.234 e. The van der Waals surface area contributed by atoms with Crippen molar-refractivity contribution in [1.29, 1.82) is 0 Å². The van der Waals surface area contributed by atoms with E-state index in [4.69, 9.17) is 0 Å². The van der Waals surface area contributed by atoms with E-state index in [-0.39, 0.29) is 24.3 Å². The lowest BCUT2D eigenvalue weighted by Gasteiger charge is -2.28. The van der Waals surface area contributed by atoms with E-state index in [2.05, 4.69) is 5.32 Å². The normalized spacial score (nSPS) is 12.1. The molecule has 0 saturated heterocycles. The minimum Gasteiger partial charge on any atom is -0.350 e. The van der Waals surface area contributed by atoms with Gasteiger partial charge in [-0.3, -0.25) is 9.69 Å². The summed E-state index contributed by atoms with van der Waals surface area (Å²) in [5, 5.41) is 4.95. The molecule has 1 N–H and O–H groups in total. The van der Waals surface area contributed by atoms with E-state index >= 15 is 0 Å². The van der Waals surface area contributed by atoms with Crippen molar-refractivity contribution in [3.05, 3.63) is 93.9 Å². The zero-order valence-electron chi connectivity index (χ0n) is 14.6. The number of carbonyl (C=O) groups is 1. The van der Waals surface area contributed by atoms with Crippen LogP contribution < -0.4 is 5.32 Å². The van der Waals surface area contributed by atoms with Crippen LogP contribution in [0.25, 0.3) is 0 Å². The number of halogens is 1. The SMILES string of the molecule is CN(CC(=O)NCc1cccs1)C(c1ccccc1)c1ccc(F)cc1. The van der Waals surface area contributed by atoms with E-state index in [1.165, 1.54) is 12.1 Å². The predicted octanol–water partition coefficient (Wildman–Crippen LogP) is 4.22. The summed E-state index contributed by atoms with van der Waals surface area (Å²) in [6, 6.07) is 20.2. The molecule has 1 amide bonds. The highest BCUT2D eigenvalue weighted by molar-refractivity contribution is 7.09. The van der Waals surface area contributed by atoms with Crippen molar-refractivity contribution in [2.24, 2.45) is 0 Å². The molecule has 1 heterocycles. The molecule has 0 aliphatic carbocycles. The topological polar surface area (TPSA) is 32.3 Å². The van der Waals surface area contributed by atoms with Gasteiger partial charge in [-0.05, 0) is 41.8 Å². The summed E-state index contributed by atoms with van der Waals surface area (Å²) in [5.74, 6) is -0.305. The Bertz CT molecular complexity index is 819. The van der Waals surface area contributed by atoms with Gasteiger partial charge in [-0.2, -0.15) is 0 Å². The first-order valence-corrected chi connectivity index (χ1v) is 9.31. The van der Waals surface area contributed by atoms with Crippen LogP contribution in [0.5, 0.6) is 0 Å². The monoisotopic (exact) mass is 368 g/mol. The molecule has 0 aliphatic rings. The quantitative estimate of drug-likeness (QED) is 0.677. The van der Waals surface area contributed by atoms with Crippen molar-refractivity contribution < 1.29 is 9.18 Å². The molecule has 3 aromatic rings. The average molecular weight is 368 g/mol. The molecular weight excluding hydrogens is 347 g/mol. The molecule has 2 aromatic carbocycles. The van der Waals surface area contributed by atoms with Crippen LogP contribution in [-0.4, -0.2) is 24.4 Å². The molecule has 1 unspecified atom stereocenters. The van der Waals surface area contributed by atoms with Gasteiger partial charge in [-0.25, -0.2) is 4.39 Å². The number of nitrogens with zero attached hydrogens (tertiary/aromatic N) is 1. The number of rotatable bonds is 7. The number of hydrogen-bond donors (Lipinski definition) is 1. The zero-order valence-corrected chi connectivity index (χ0v) is 15.4. The van der Waals surface area contributed by atoms with E-state index < -0.39 is 0 Å². The highest BCUT2D eigenvalue weighted by Crippen LogP contribution is 2.27. The number of benzene rings is 2. The number of hydrogen-bond acceptors (Lipinski definition) is 3. The third-order valence-corrected chi connectivity index (χ3v) is 5.05. The fourth-order valence-corrected chi connectivity index (χ4v) is 3.60. The minimum absolute atomic E-state index is 0.0380. The standard InChI is InChI=1S/C21H21FN2OS/c1-24(15-20(25)23-14-19-8-5-13-26-19)21(16-6-3-2-4-7-16)17-9-11-18(22)12-10-17/h2-13,21H,14-15H2,1H3,(H,23,25). The van der Waals surface area contributed by atoms with Gasteiger partial charge in [-0.1, -0.05) is 48.5 Å². The molecule has 0 aliphatic heterocycles. The Kier molecular flexibility index (Phi) is 6.15. The maximum atomic E-state index is 13.3. The van der Waals surface area contributed by atoms with Gasteiger partial charge in [0.05, 0.1) is 19.1 Å². The van der Waals surface area contributed by atoms with Gasteiger partial charge in [-0.15, -0.1) is 11.3 Å². The molecule has 5 heteroatoms. The Morgan fingerprint density at radius 3 is 2.38 bits per heavy atom. The Morgan fingerprint density at radius 1 is 1.04 bits per heavy atom. The lowest BCUT2D eigenvalue weighted by Crippen LogP contribution is -2.37. The van der Waals surface area contributed by atoms with Crippen molar-refractivity contribution >= 4 is 17.2 Å². The second kappa shape index (κ2) is 8.74. The van der Waals surface area contributed by atoms with Gasteiger partial charge < -0.3 is 5.32 Å². The molecule has 0 radical (unpaired) electrons. The van der Waals surface area contributed by atoms with Gasteiger partial charge in [0.25, 0.3) is 0 Å². The molecule has 1 atom stereocenters. The summed E-state index contributed by atoms with van der Waals surface area (Å²) in [5.41, 5.74) is 2.01. The fraction of sp³-hybridized carbons (Fsp3) is 0.190. The van der Waals surface area contributed by atoms with E-state index in [1.54, 1.807) is 23.5 Å². The molecule has 26 heavy (non-hydrogen) atoms. The minimum atomic E-state index is -0.267. The second-order valence-electron chi connectivity index (χ2n) is 6.14. The van der Waals surface area contributed by atoms with E-state index in [0.717, 1.165) is 16.0 Å². The summed E-state index contributed by atoms with van der Waals surface area (Å²) in [7, 11) is 1.91. The molecule has 0 spiro atoms. The first kappa shape index (κ1) is 18.3. The molecular formula is C21H21FN2OS. The average Bonchev–Trinajstić information content (AvgIpc) is 3.16. The lowest BCUT2D eigenvalue weighted by molar-refractivity contribution is -0.122. The maximum absolute atomic E-state index is 13.3. The first-order chi connectivity index (χ1) is 12.6. The summed E-state index contributed by atoms with van der Waals surface area (Å²) in [4.78, 5) is 15.5.